The molecular formula is C19H27N5O. The summed E-state index contributed by atoms with van der Waals surface area (Å²) in [4.78, 5) is 14.7. The van der Waals surface area contributed by atoms with Crippen molar-refractivity contribution in [2.45, 2.75) is 20.3 Å². The van der Waals surface area contributed by atoms with Crippen molar-refractivity contribution >= 4 is 5.91 Å². The van der Waals surface area contributed by atoms with Crippen LogP contribution in [-0.2, 0) is 0 Å². The number of nitrogens with zero attached hydrogens (tertiary/aromatic N) is 3. The molecule has 2 aromatic rings. The highest BCUT2D eigenvalue weighted by Gasteiger charge is 2.10. The summed E-state index contributed by atoms with van der Waals surface area (Å²) in [6.07, 6.45) is 0.982. The highest BCUT2D eigenvalue weighted by molar-refractivity contribution is 5.94. The van der Waals surface area contributed by atoms with Crippen LogP contribution in [0.5, 0.6) is 0 Å². The second-order valence-corrected chi connectivity index (χ2v) is 6.59. The number of hydrogen-bond acceptors (Lipinski definition) is 4. The SMILES string of the molecule is Cc1cc(C)n(-c2ccc(C(=O)NCCCN3CCNCC3)cc2)n1. The first kappa shape index (κ1) is 17.6. The number of aromatic nitrogens is 2. The average Bonchev–Trinajstić information content (AvgIpc) is 2.98. The summed E-state index contributed by atoms with van der Waals surface area (Å²) < 4.78 is 1.89. The smallest absolute Gasteiger partial charge is 0.251 e. The van der Waals surface area contributed by atoms with Crippen LogP contribution in [0.15, 0.2) is 30.3 Å². The number of piperazine rings is 1. The van der Waals surface area contributed by atoms with Crippen molar-refractivity contribution in [3.05, 3.63) is 47.3 Å². The van der Waals surface area contributed by atoms with E-state index in [0.29, 0.717) is 12.1 Å². The summed E-state index contributed by atoms with van der Waals surface area (Å²) >= 11 is 0. The molecule has 2 N–H and O–H groups in total. The second-order valence-electron chi connectivity index (χ2n) is 6.59. The molecule has 6 nitrogen and oxygen atoms in total. The van der Waals surface area contributed by atoms with Gasteiger partial charge in [0.15, 0.2) is 0 Å². The Morgan fingerprint density at radius 3 is 2.56 bits per heavy atom. The van der Waals surface area contributed by atoms with E-state index in [1.54, 1.807) is 0 Å². The van der Waals surface area contributed by atoms with Crippen LogP contribution >= 0.6 is 0 Å². The number of benzene rings is 1. The van der Waals surface area contributed by atoms with E-state index in [9.17, 15) is 4.79 Å². The van der Waals surface area contributed by atoms with Crippen molar-refractivity contribution in [3.8, 4) is 5.69 Å². The van der Waals surface area contributed by atoms with Crippen LogP contribution in [0.25, 0.3) is 5.69 Å². The Balaban J connectivity index is 1.48. The van der Waals surface area contributed by atoms with Crippen LogP contribution in [0, 0.1) is 13.8 Å². The summed E-state index contributed by atoms with van der Waals surface area (Å²) in [6.45, 7) is 10.1. The first-order chi connectivity index (χ1) is 12.1. The van der Waals surface area contributed by atoms with Crippen molar-refractivity contribution in [1.82, 2.24) is 25.3 Å². The molecule has 1 aliphatic rings. The van der Waals surface area contributed by atoms with Gasteiger partial charge in [0.2, 0.25) is 0 Å². The van der Waals surface area contributed by atoms with Gasteiger partial charge in [-0.3, -0.25) is 4.79 Å². The molecule has 0 unspecified atom stereocenters. The Labute approximate surface area is 149 Å². The molecule has 1 aromatic carbocycles. The van der Waals surface area contributed by atoms with Crippen LogP contribution in [0.1, 0.15) is 28.2 Å². The Kier molecular flexibility index (Phi) is 5.83. The number of hydrogen-bond donors (Lipinski definition) is 2. The minimum atomic E-state index is -0.0137. The fourth-order valence-electron chi connectivity index (χ4n) is 3.19. The van der Waals surface area contributed by atoms with E-state index in [0.717, 1.165) is 56.2 Å². The molecule has 0 atom stereocenters. The molecule has 1 saturated heterocycles. The highest BCUT2D eigenvalue weighted by atomic mass is 16.1. The van der Waals surface area contributed by atoms with Gasteiger partial charge in [0, 0.05) is 44.0 Å². The van der Waals surface area contributed by atoms with Crippen LogP contribution in [-0.4, -0.2) is 59.9 Å². The van der Waals surface area contributed by atoms with E-state index in [2.05, 4.69) is 20.6 Å². The predicted molar refractivity (Wildman–Crippen MR) is 99.3 cm³/mol. The third kappa shape index (κ3) is 4.67. The Morgan fingerprint density at radius 2 is 1.92 bits per heavy atom. The van der Waals surface area contributed by atoms with E-state index in [-0.39, 0.29) is 5.91 Å². The number of amides is 1. The molecule has 0 spiro atoms. The van der Waals surface area contributed by atoms with Crippen LogP contribution in [0.4, 0.5) is 0 Å². The number of carbonyl (C=O) groups excluding carboxylic acids is 1. The molecule has 1 aliphatic heterocycles. The molecule has 2 heterocycles. The standard InChI is InChI=1S/C19H27N5O/c1-15-14-16(2)24(22-15)18-6-4-17(5-7-18)19(25)21-8-3-11-23-12-9-20-10-13-23/h4-7,14,20H,3,8-13H2,1-2H3,(H,21,25). The van der Waals surface area contributed by atoms with E-state index in [1.165, 1.54) is 0 Å². The summed E-state index contributed by atoms with van der Waals surface area (Å²) in [5.74, 6) is -0.0137. The second kappa shape index (κ2) is 8.27. The fourth-order valence-corrected chi connectivity index (χ4v) is 3.19. The van der Waals surface area contributed by atoms with Crippen molar-refractivity contribution in [2.75, 3.05) is 39.3 Å². The Hall–Kier alpha value is -2.18. The molecule has 0 saturated carbocycles. The summed E-state index contributed by atoms with van der Waals surface area (Å²) in [6, 6.07) is 9.64. The molecule has 134 valence electrons. The fraction of sp³-hybridized carbons (Fsp3) is 0.474. The molecule has 25 heavy (non-hydrogen) atoms. The number of aryl methyl sites for hydroxylation is 2. The first-order valence-corrected chi connectivity index (χ1v) is 8.98. The lowest BCUT2D eigenvalue weighted by Gasteiger charge is -2.27. The lowest BCUT2D eigenvalue weighted by atomic mass is 10.2. The van der Waals surface area contributed by atoms with Gasteiger partial charge >= 0.3 is 0 Å². The maximum absolute atomic E-state index is 12.3. The molecule has 6 heteroatoms. The molecule has 1 amide bonds. The van der Waals surface area contributed by atoms with Crippen molar-refractivity contribution < 1.29 is 4.79 Å². The molecule has 3 rings (SSSR count). The zero-order chi connectivity index (χ0) is 17.6. The zero-order valence-electron chi connectivity index (χ0n) is 15.1. The van der Waals surface area contributed by atoms with Crippen molar-refractivity contribution in [1.29, 1.82) is 0 Å². The molecular weight excluding hydrogens is 314 g/mol. The maximum atomic E-state index is 12.3. The molecule has 0 radical (unpaired) electrons. The molecule has 1 fully saturated rings. The summed E-state index contributed by atoms with van der Waals surface area (Å²) in [5.41, 5.74) is 3.74. The van der Waals surface area contributed by atoms with E-state index in [1.807, 2.05) is 48.9 Å². The maximum Gasteiger partial charge on any atom is 0.251 e. The average molecular weight is 341 g/mol. The van der Waals surface area contributed by atoms with E-state index in [4.69, 9.17) is 0 Å². The number of rotatable bonds is 6. The number of carbonyl (C=O) groups is 1. The minimum Gasteiger partial charge on any atom is -0.352 e. The molecule has 0 bridgehead atoms. The third-order valence-electron chi connectivity index (χ3n) is 4.53. The normalized spacial score (nSPS) is 15.3. The Bertz CT molecular complexity index is 701. The lowest BCUT2D eigenvalue weighted by Crippen LogP contribution is -2.44. The topological polar surface area (TPSA) is 62.2 Å². The van der Waals surface area contributed by atoms with Gasteiger partial charge in [0.25, 0.3) is 5.91 Å². The predicted octanol–water partition coefficient (Wildman–Crippen LogP) is 1.51. The lowest BCUT2D eigenvalue weighted by molar-refractivity contribution is 0.0951. The van der Waals surface area contributed by atoms with Gasteiger partial charge in [-0.05, 0) is 57.1 Å². The van der Waals surface area contributed by atoms with Gasteiger partial charge in [-0.25, -0.2) is 4.68 Å². The van der Waals surface area contributed by atoms with Crippen molar-refractivity contribution in [3.63, 3.8) is 0 Å². The van der Waals surface area contributed by atoms with Gasteiger partial charge in [-0.15, -0.1) is 0 Å². The Morgan fingerprint density at radius 1 is 1.20 bits per heavy atom. The van der Waals surface area contributed by atoms with Crippen LogP contribution in [0.3, 0.4) is 0 Å². The minimum absolute atomic E-state index is 0.0137. The summed E-state index contributed by atoms with van der Waals surface area (Å²) in [7, 11) is 0. The monoisotopic (exact) mass is 341 g/mol. The third-order valence-corrected chi connectivity index (χ3v) is 4.53. The molecule has 1 aromatic heterocycles. The van der Waals surface area contributed by atoms with Crippen molar-refractivity contribution in [2.24, 2.45) is 0 Å². The van der Waals surface area contributed by atoms with Gasteiger partial charge in [0.1, 0.15) is 0 Å². The van der Waals surface area contributed by atoms with Crippen LogP contribution < -0.4 is 10.6 Å². The van der Waals surface area contributed by atoms with Crippen LogP contribution in [0.2, 0.25) is 0 Å². The number of nitrogens with one attached hydrogen (secondary N) is 2. The van der Waals surface area contributed by atoms with Gasteiger partial charge in [0.05, 0.1) is 11.4 Å². The van der Waals surface area contributed by atoms with Gasteiger partial charge in [-0.1, -0.05) is 0 Å². The molecule has 0 aliphatic carbocycles. The zero-order valence-corrected chi connectivity index (χ0v) is 15.1. The van der Waals surface area contributed by atoms with E-state index >= 15 is 0 Å². The largest absolute Gasteiger partial charge is 0.352 e. The summed E-state index contributed by atoms with van der Waals surface area (Å²) in [5, 5.41) is 10.8. The first-order valence-electron chi connectivity index (χ1n) is 8.98. The quantitative estimate of drug-likeness (QED) is 0.782. The van der Waals surface area contributed by atoms with Gasteiger partial charge < -0.3 is 15.5 Å². The highest BCUT2D eigenvalue weighted by Crippen LogP contribution is 2.13. The van der Waals surface area contributed by atoms with Gasteiger partial charge in [-0.2, -0.15) is 5.10 Å². The van der Waals surface area contributed by atoms with E-state index < -0.39 is 0 Å².